The Morgan fingerprint density at radius 1 is 0.914 bits per heavy atom. The van der Waals surface area contributed by atoms with Crippen LogP contribution in [-0.4, -0.2) is 32.9 Å². The van der Waals surface area contributed by atoms with Crippen LogP contribution in [0.25, 0.3) is 43.7 Å². The fourth-order valence-corrected chi connectivity index (χ4v) is 4.82. The van der Waals surface area contributed by atoms with Gasteiger partial charge in [0, 0.05) is 21.7 Å². The first-order valence-electron chi connectivity index (χ1n) is 11.6. The van der Waals surface area contributed by atoms with Gasteiger partial charge in [0.15, 0.2) is 0 Å². The molecule has 0 fully saturated rings. The minimum atomic E-state index is -0.956. The van der Waals surface area contributed by atoms with Crippen molar-refractivity contribution < 1.29 is 14.6 Å². The largest absolute Gasteiger partial charge is 0.493 e. The van der Waals surface area contributed by atoms with E-state index in [1.54, 1.807) is 6.20 Å². The molecular weight excluding hydrogens is 438 g/mol. The number of fused-ring (bicyclic) bond motifs is 3. The van der Waals surface area contributed by atoms with Crippen molar-refractivity contribution in [2.24, 2.45) is 0 Å². The van der Waals surface area contributed by atoms with Crippen molar-refractivity contribution in [1.82, 2.24) is 15.2 Å². The molecule has 0 aliphatic carbocycles. The summed E-state index contributed by atoms with van der Waals surface area (Å²) in [5.74, 6) is -0.111. The molecular formula is C29H23N3O3. The van der Waals surface area contributed by atoms with Crippen LogP contribution in [0.4, 0.5) is 0 Å². The van der Waals surface area contributed by atoms with Crippen molar-refractivity contribution in [3.05, 3.63) is 96.3 Å². The van der Waals surface area contributed by atoms with Crippen LogP contribution in [0.5, 0.6) is 5.75 Å². The Morgan fingerprint density at radius 2 is 1.74 bits per heavy atom. The van der Waals surface area contributed by atoms with Crippen LogP contribution in [0, 0.1) is 0 Å². The molecule has 3 N–H and O–H groups in total. The summed E-state index contributed by atoms with van der Waals surface area (Å²) >= 11 is 0. The summed E-state index contributed by atoms with van der Waals surface area (Å²) in [5, 5.41) is 21.1. The molecule has 2 heterocycles. The van der Waals surface area contributed by atoms with Crippen molar-refractivity contribution in [2.45, 2.75) is 12.8 Å². The van der Waals surface area contributed by atoms with Gasteiger partial charge in [-0.05, 0) is 47.6 Å². The summed E-state index contributed by atoms with van der Waals surface area (Å²) in [6.07, 6.45) is 3.08. The fraction of sp³-hybridized carbons (Fsp3) is 0.103. The summed E-state index contributed by atoms with van der Waals surface area (Å²) in [6, 6.07) is 26.2. The molecule has 0 unspecified atom stereocenters. The predicted molar refractivity (Wildman–Crippen MR) is 138 cm³/mol. The van der Waals surface area contributed by atoms with Gasteiger partial charge in [-0.2, -0.15) is 5.10 Å². The maximum atomic E-state index is 12.1. The molecule has 0 spiro atoms. The number of aromatic carboxylic acids is 1. The van der Waals surface area contributed by atoms with Crippen LogP contribution >= 0.6 is 0 Å². The first-order chi connectivity index (χ1) is 17.2. The van der Waals surface area contributed by atoms with Crippen LogP contribution in [0.1, 0.15) is 22.5 Å². The van der Waals surface area contributed by atoms with E-state index in [1.165, 1.54) is 0 Å². The lowest BCUT2D eigenvalue weighted by atomic mass is 9.99. The van der Waals surface area contributed by atoms with Crippen molar-refractivity contribution in [2.75, 3.05) is 6.61 Å². The van der Waals surface area contributed by atoms with Gasteiger partial charge in [-0.3, -0.25) is 5.10 Å². The summed E-state index contributed by atoms with van der Waals surface area (Å²) in [6.45, 7) is 0.497. The highest BCUT2D eigenvalue weighted by atomic mass is 16.5. The van der Waals surface area contributed by atoms with E-state index in [4.69, 9.17) is 4.74 Å². The number of rotatable bonds is 7. The number of carbonyl (C=O) groups is 1. The average Bonchev–Trinajstić information content (AvgIpc) is 3.51. The molecule has 35 heavy (non-hydrogen) atoms. The molecule has 6 rings (SSSR count). The number of carboxylic acids is 1. The molecule has 172 valence electrons. The number of hydrogen-bond donors (Lipinski definition) is 3. The monoisotopic (exact) mass is 461 g/mol. The Balaban J connectivity index is 1.29. The van der Waals surface area contributed by atoms with Crippen LogP contribution in [0.2, 0.25) is 0 Å². The van der Waals surface area contributed by atoms with E-state index in [-0.39, 0.29) is 5.69 Å². The van der Waals surface area contributed by atoms with E-state index in [9.17, 15) is 9.90 Å². The van der Waals surface area contributed by atoms with Crippen molar-refractivity contribution in [3.8, 4) is 16.9 Å². The normalized spacial score (nSPS) is 11.4. The van der Waals surface area contributed by atoms with Crippen molar-refractivity contribution >= 4 is 38.5 Å². The summed E-state index contributed by atoms with van der Waals surface area (Å²) < 4.78 is 6.09. The Labute approximate surface area is 201 Å². The van der Waals surface area contributed by atoms with E-state index in [1.807, 2.05) is 54.6 Å². The lowest BCUT2D eigenvalue weighted by Gasteiger charge is -2.09. The van der Waals surface area contributed by atoms with E-state index in [2.05, 4.69) is 39.4 Å². The summed E-state index contributed by atoms with van der Waals surface area (Å²) in [5.41, 5.74) is 4.81. The second kappa shape index (κ2) is 8.65. The molecule has 6 aromatic rings. The number of benzene rings is 4. The van der Waals surface area contributed by atoms with E-state index < -0.39 is 5.97 Å². The van der Waals surface area contributed by atoms with Gasteiger partial charge in [-0.1, -0.05) is 60.7 Å². The van der Waals surface area contributed by atoms with Crippen LogP contribution < -0.4 is 4.74 Å². The van der Waals surface area contributed by atoms with Crippen molar-refractivity contribution in [1.29, 1.82) is 0 Å². The molecule has 0 amide bonds. The van der Waals surface area contributed by atoms with Gasteiger partial charge < -0.3 is 14.8 Å². The number of ether oxygens (including phenoxy) is 1. The van der Waals surface area contributed by atoms with Gasteiger partial charge in [0.05, 0.1) is 23.8 Å². The molecule has 4 aromatic carbocycles. The molecule has 0 atom stereocenters. The third-order valence-corrected chi connectivity index (χ3v) is 6.48. The van der Waals surface area contributed by atoms with Gasteiger partial charge in [0.25, 0.3) is 0 Å². The van der Waals surface area contributed by atoms with Gasteiger partial charge in [-0.25, -0.2) is 4.79 Å². The highest BCUT2D eigenvalue weighted by Gasteiger charge is 2.19. The molecule has 6 heteroatoms. The minimum Gasteiger partial charge on any atom is -0.493 e. The third kappa shape index (κ3) is 3.79. The summed E-state index contributed by atoms with van der Waals surface area (Å²) in [7, 11) is 0. The highest BCUT2D eigenvalue weighted by Crippen LogP contribution is 2.34. The number of nitrogens with one attached hydrogen (secondary N) is 2. The molecule has 0 saturated heterocycles. The van der Waals surface area contributed by atoms with Crippen LogP contribution in [0.15, 0.2) is 85.1 Å². The van der Waals surface area contributed by atoms with Crippen LogP contribution in [-0.2, 0) is 6.42 Å². The van der Waals surface area contributed by atoms with E-state index in [0.29, 0.717) is 19.4 Å². The lowest BCUT2D eigenvalue weighted by molar-refractivity contribution is 0.0690. The highest BCUT2D eigenvalue weighted by molar-refractivity contribution is 6.03. The second-order valence-corrected chi connectivity index (χ2v) is 8.61. The molecule has 6 nitrogen and oxygen atoms in total. The summed E-state index contributed by atoms with van der Waals surface area (Å²) in [4.78, 5) is 15.3. The molecule has 2 aromatic heterocycles. The Hall–Kier alpha value is -4.58. The minimum absolute atomic E-state index is 0.238. The number of hydrogen-bond acceptors (Lipinski definition) is 3. The standard InChI is InChI=1S/C29H23N3O3/c33-29(34)28-24(11-5-15-35-26-12-3-7-18-6-1-2-8-21(18)26)23-10-4-9-22(27(23)31-28)19-13-14-25-20(16-19)17-30-32-25/h1-4,6-10,12-14,16-17,31H,5,11,15H2,(H,30,32)(H,33,34). The quantitative estimate of drug-likeness (QED) is 0.234. The van der Waals surface area contributed by atoms with Gasteiger partial charge in [0.1, 0.15) is 11.4 Å². The lowest BCUT2D eigenvalue weighted by Crippen LogP contribution is -2.04. The Morgan fingerprint density at radius 3 is 2.66 bits per heavy atom. The third-order valence-electron chi connectivity index (χ3n) is 6.48. The van der Waals surface area contributed by atoms with Gasteiger partial charge in [-0.15, -0.1) is 0 Å². The molecule has 0 saturated carbocycles. The topological polar surface area (TPSA) is 91.0 Å². The molecule has 0 aliphatic rings. The number of para-hydroxylation sites is 1. The zero-order chi connectivity index (χ0) is 23.8. The van der Waals surface area contributed by atoms with E-state index >= 15 is 0 Å². The molecule has 0 aliphatic heterocycles. The zero-order valence-electron chi connectivity index (χ0n) is 18.9. The maximum Gasteiger partial charge on any atom is 0.352 e. The van der Waals surface area contributed by atoms with Crippen LogP contribution in [0.3, 0.4) is 0 Å². The fourth-order valence-electron chi connectivity index (χ4n) is 4.82. The number of H-pyrrole nitrogens is 2. The van der Waals surface area contributed by atoms with Gasteiger partial charge in [0.2, 0.25) is 0 Å². The number of aromatic amines is 2. The number of nitrogens with zero attached hydrogens (tertiary/aromatic N) is 1. The number of aromatic nitrogens is 3. The SMILES string of the molecule is O=C(O)c1[nH]c2c(-c3ccc4[nH]ncc4c3)cccc2c1CCCOc1cccc2ccccc12. The maximum absolute atomic E-state index is 12.1. The molecule has 0 radical (unpaired) electrons. The second-order valence-electron chi connectivity index (χ2n) is 8.61. The smallest absolute Gasteiger partial charge is 0.352 e. The first kappa shape index (κ1) is 21.0. The van der Waals surface area contributed by atoms with Crippen molar-refractivity contribution in [3.63, 3.8) is 0 Å². The molecule has 0 bridgehead atoms. The Bertz CT molecular complexity index is 1690. The number of carboxylic acid groups (broad SMARTS) is 1. The first-order valence-corrected chi connectivity index (χ1v) is 11.6. The van der Waals surface area contributed by atoms with E-state index in [0.717, 1.165) is 55.0 Å². The zero-order valence-corrected chi connectivity index (χ0v) is 18.9. The average molecular weight is 462 g/mol. The predicted octanol–water partition coefficient (Wildman–Crippen LogP) is 6.57. The Kier molecular flexibility index (Phi) is 5.19. The van der Waals surface area contributed by atoms with Gasteiger partial charge >= 0.3 is 5.97 Å². The number of aryl methyl sites for hydroxylation is 1.